The van der Waals surface area contributed by atoms with Crippen LogP contribution in [0.3, 0.4) is 0 Å². The number of morpholine rings is 1. The molecule has 1 N–H and O–H groups in total. The van der Waals surface area contributed by atoms with E-state index in [0.717, 1.165) is 18.0 Å². The lowest BCUT2D eigenvalue weighted by molar-refractivity contribution is -0.906. The average molecular weight is 421 g/mol. The fourth-order valence-electron chi connectivity index (χ4n) is 3.55. The number of ether oxygens (including phenoxy) is 1. The number of imide groups is 1. The number of thiazole rings is 1. The molecular weight excluding hydrogens is 399 g/mol. The molecule has 2 aliphatic heterocycles. The summed E-state index contributed by atoms with van der Waals surface area (Å²) < 4.78 is 20.1. The molecule has 8 nitrogen and oxygen atoms in total. The number of para-hydroxylation sites is 1. The van der Waals surface area contributed by atoms with E-state index in [9.17, 15) is 18.8 Å². The van der Waals surface area contributed by atoms with Crippen molar-refractivity contribution in [2.45, 2.75) is 12.8 Å². The number of hydrogen-bond acceptors (Lipinski definition) is 6. The number of quaternary nitrogens is 1. The van der Waals surface area contributed by atoms with Crippen molar-refractivity contribution in [1.29, 1.82) is 0 Å². The molecular formula is C19H22FN4O4S+. The van der Waals surface area contributed by atoms with Crippen molar-refractivity contribution in [1.82, 2.24) is 9.88 Å². The summed E-state index contributed by atoms with van der Waals surface area (Å²) in [5.74, 6) is -1.50. The summed E-state index contributed by atoms with van der Waals surface area (Å²) in [6, 6.07) is 4.69. The van der Waals surface area contributed by atoms with Gasteiger partial charge in [-0.15, -0.1) is 0 Å². The normalized spacial score (nSPS) is 18.0. The molecule has 0 spiro atoms. The number of rotatable bonds is 6. The van der Waals surface area contributed by atoms with Gasteiger partial charge in [0.1, 0.15) is 31.0 Å². The van der Waals surface area contributed by atoms with Crippen LogP contribution in [0.25, 0.3) is 10.2 Å². The molecule has 0 bridgehead atoms. The fourth-order valence-corrected chi connectivity index (χ4v) is 4.57. The maximum atomic E-state index is 14.1. The molecule has 3 amide bonds. The SMILES string of the molecule is O=C1CCC(=O)N1CC(=O)N(CC[NH+]1CCOCC1)c1nc2c(F)cccc2s1. The van der Waals surface area contributed by atoms with Crippen molar-refractivity contribution in [3.63, 3.8) is 0 Å². The predicted octanol–water partition coefficient (Wildman–Crippen LogP) is -0.167. The molecule has 2 fully saturated rings. The van der Waals surface area contributed by atoms with Gasteiger partial charge in [0.25, 0.3) is 0 Å². The topological polar surface area (TPSA) is 84.2 Å². The molecule has 0 aliphatic carbocycles. The lowest BCUT2D eigenvalue weighted by Crippen LogP contribution is -3.14. The molecule has 4 rings (SSSR count). The van der Waals surface area contributed by atoms with E-state index in [-0.39, 0.29) is 42.6 Å². The van der Waals surface area contributed by atoms with Gasteiger partial charge < -0.3 is 9.64 Å². The largest absolute Gasteiger partial charge is 0.370 e. The van der Waals surface area contributed by atoms with Crippen molar-refractivity contribution in [3.8, 4) is 0 Å². The van der Waals surface area contributed by atoms with Gasteiger partial charge in [-0.3, -0.25) is 24.2 Å². The first-order chi connectivity index (χ1) is 14.0. The highest BCUT2D eigenvalue weighted by Crippen LogP contribution is 2.30. The van der Waals surface area contributed by atoms with Crippen molar-refractivity contribution < 1.29 is 28.4 Å². The van der Waals surface area contributed by atoms with E-state index in [0.29, 0.717) is 36.1 Å². The molecule has 0 atom stereocenters. The molecule has 2 aromatic rings. The van der Waals surface area contributed by atoms with Crippen LogP contribution in [0.1, 0.15) is 12.8 Å². The molecule has 0 saturated carbocycles. The van der Waals surface area contributed by atoms with E-state index in [4.69, 9.17) is 4.74 Å². The van der Waals surface area contributed by atoms with Crippen LogP contribution in [-0.2, 0) is 19.1 Å². The van der Waals surface area contributed by atoms with E-state index < -0.39 is 5.82 Å². The van der Waals surface area contributed by atoms with Crippen LogP contribution in [0.2, 0.25) is 0 Å². The molecule has 10 heteroatoms. The van der Waals surface area contributed by atoms with Gasteiger partial charge in [0, 0.05) is 12.8 Å². The Kier molecular flexibility index (Phi) is 5.84. The van der Waals surface area contributed by atoms with Gasteiger partial charge >= 0.3 is 0 Å². The Balaban J connectivity index is 1.56. The van der Waals surface area contributed by atoms with Gasteiger partial charge in [-0.2, -0.15) is 0 Å². The number of fused-ring (bicyclic) bond motifs is 1. The van der Waals surface area contributed by atoms with E-state index in [1.165, 1.54) is 27.2 Å². The summed E-state index contributed by atoms with van der Waals surface area (Å²) >= 11 is 1.23. The fraction of sp³-hybridized carbons (Fsp3) is 0.474. The van der Waals surface area contributed by atoms with Crippen LogP contribution in [0, 0.1) is 5.82 Å². The summed E-state index contributed by atoms with van der Waals surface area (Å²) in [6.07, 6.45) is 0.271. The second kappa shape index (κ2) is 8.52. The van der Waals surface area contributed by atoms with Gasteiger partial charge in [0.05, 0.1) is 31.0 Å². The molecule has 0 radical (unpaired) electrons. The highest BCUT2D eigenvalue weighted by atomic mass is 32.1. The Bertz CT molecular complexity index is 927. The number of aromatic nitrogens is 1. The third-order valence-corrected chi connectivity index (χ3v) is 6.27. The van der Waals surface area contributed by atoms with Crippen molar-refractivity contribution in [2.24, 2.45) is 0 Å². The smallest absolute Gasteiger partial charge is 0.249 e. The first-order valence-electron chi connectivity index (χ1n) is 9.63. The monoisotopic (exact) mass is 421 g/mol. The van der Waals surface area contributed by atoms with Crippen LogP contribution in [0.5, 0.6) is 0 Å². The van der Waals surface area contributed by atoms with Gasteiger partial charge in [-0.1, -0.05) is 17.4 Å². The second-order valence-corrected chi connectivity index (χ2v) is 8.12. The number of nitrogens with zero attached hydrogens (tertiary/aromatic N) is 3. The zero-order valence-electron chi connectivity index (χ0n) is 15.9. The third-order valence-electron chi connectivity index (χ3n) is 5.23. The highest BCUT2D eigenvalue weighted by Gasteiger charge is 2.33. The predicted molar refractivity (Wildman–Crippen MR) is 104 cm³/mol. The van der Waals surface area contributed by atoms with Gasteiger partial charge in [0.15, 0.2) is 5.13 Å². The van der Waals surface area contributed by atoms with Crippen molar-refractivity contribution >= 4 is 44.4 Å². The minimum atomic E-state index is -0.443. The van der Waals surface area contributed by atoms with Gasteiger partial charge in [0.2, 0.25) is 17.7 Å². The van der Waals surface area contributed by atoms with Crippen molar-refractivity contribution in [3.05, 3.63) is 24.0 Å². The number of halogens is 1. The summed E-state index contributed by atoms with van der Waals surface area (Å²) in [5, 5.41) is 0.377. The molecule has 29 heavy (non-hydrogen) atoms. The number of carbonyl (C=O) groups is 3. The van der Waals surface area contributed by atoms with Crippen LogP contribution in [0.4, 0.5) is 9.52 Å². The van der Waals surface area contributed by atoms with Crippen LogP contribution in [0.15, 0.2) is 18.2 Å². The number of hydrogen-bond donors (Lipinski definition) is 1. The Morgan fingerprint density at radius 2 is 1.97 bits per heavy atom. The number of nitrogens with one attached hydrogen (secondary N) is 1. The number of carbonyl (C=O) groups excluding carboxylic acids is 3. The molecule has 0 unspecified atom stereocenters. The Morgan fingerprint density at radius 3 is 2.66 bits per heavy atom. The molecule has 2 saturated heterocycles. The summed E-state index contributed by atoms with van der Waals surface area (Å²) in [7, 11) is 0. The molecule has 2 aliphatic rings. The first kappa shape index (κ1) is 19.9. The van der Waals surface area contributed by atoms with Crippen molar-refractivity contribution in [2.75, 3.05) is 50.8 Å². The first-order valence-corrected chi connectivity index (χ1v) is 10.4. The molecule has 1 aromatic heterocycles. The number of amides is 3. The standard InChI is InChI=1S/C19H21FN4O4S/c20-13-2-1-3-14-18(13)21-19(29-14)23(7-6-22-8-10-28-11-9-22)17(27)12-24-15(25)4-5-16(24)26/h1-3H,4-12H2/p+1. The summed E-state index contributed by atoms with van der Waals surface area (Å²) in [5.41, 5.74) is 0.220. The van der Waals surface area contributed by atoms with Crippen LogP contribution < -0.4 is 9.80 Å². The Labute approximate surface area is 170 Å². The number of likely N-dealkylation sites (tertiary alicyclic amines) is 1. The lowest BCUT2D eigenvalue weighted by Gasteiger charge is -2.27. The minimum Gasteiger partial charge on any atom is -0.370 e. The summed E-state index contributed by atoms with van der Waals surface area (Å²) in [4.78, 5) is 45.0. The zero-order valence-corrected chi connectivity index (χ0v) is 16.7. The average Bonchev–Trinajstić information content (AvgIpc) is 3.28. The second-order valence-electron chi connectivity index (χ2n) is 7.11. The molecule has 154 valence electrons. The zero-order chi connectivity index (χ0) is 20.4. The Morgan fingerprint density at radius 1 is 1.24 bits per heavy atom. The lowest BCUT2D eigenvalue weighted by atomic mass is 10.3. The maximum Gasteiger partial charge on any atom is 0.249 e. The minimum absolute atomic E-state index is 0.135. The number of anilines is 1. The Hall–Kier alpha value is -2.43. The molecule has 1 aromatic carbocycles. The third kappa shape index (κ3) is 4.29. The number of benzene rings is 1. The van der Waals surface area contributed by atoms with Crippen LogP contribution >= 0.6 is 11.3 Å². The van der Waals surface area contributed by atoms with Crippen LogP contribution in [-0.4, -0.2) is 73.5 Å². The quantitative estimate of drug-likeness (QED) is 0.655. The van der Waals surface area contributed by atoms with E-state index in [1.807, 2.05) is 0 Å². The molecule has 3 heterocycles. The van der Waals surface area contributed by atoms with E-state index >= 15 is 0 Å². The van der Waals surface area contributed by atoms with E-state index in [1.54, 1.807) is 12.1 Å². The maximum absolute atomic E-state index is 14.1. The van der Waals surface area contributed by atoms with E-state index in [2.05, 4.69) is 4.98 Å². The van der Waals surface area contributed by atoms with Gasteiger partial charge in [-0.25, -0.2) is 9.37 Å². The van der Waals surface area contributed by atoms with Gasteiger partial charge in [-0.05, 0) is 12.1 Å². The highest BCUT2D eigenvalue weighted by molar-refractivity contribution is 7.22. The summed E-state index contributed by atoms with van der Waals surface area (Å²) in [6.45, 7) is 3.77.